The van der Waals surface area contributed by atoms with Gasteiger partial charge in [-0.25, -0.2) is 14.2 Å². The molecular formula is C16H15FN2O4S. The number of ether oxygens (including phenoxy) is 1. The van der Waals surface area contributed by atoms with Crippen LogP contribution in [-0.2, 0) is 16.0 Å². The maximum absolute atomic E-state index is 12.9. The number of carbonyl (C=O) groups is 2. The molecular weight excluding hydrogens is 335 g/mol. The first kappa shape index (κ1) is 16.5. The zero-order valence-electron chi connectivity index (χ0n) is 12.6. The number of benzene rings is 1. The molecule has 1 amide bonds. The van der Waals surface area contributed by atoms with Crippen LogP contribution >= 0.6 is 11.3 Å². The Morgan fingerprint density at radius 2 is 2.12 bits per heavy atom. The Hall–Kier alpha value is -2.32. The minimum absolute atomic E-state index is 0.0116. The van der Waals surface area contributed by atoms with Gasteiger partial charge in [-0.3, -0.25) is 4.79 Å². The third-order valence-electron chi connectivity index (χ3n) is 3.71. The number of rotatable bonds is 4. The lowest BCUT2D eigenvalue weighted by Crippen LogP contribution is -2.52. The van der Waals surface area contributed by atoms with Crippen molar-refractivity contribution >= 4 is 23.2 Å². The lowest BCUT2D eigenvalue weighted by Gasteiger charge is -2.32. The van der Waals surface area contributed by atoms with Crippen molar-refractivity contribution < 1.29 is 23.8 Å². The van der Waals surface area contributed by atoms with Crippen LogP contribution in [0.25, 0.3) is 0 Å². The van der Waals surface area contributed by atoms with Crippen molar-refractivity contribution in [2.45, 2.75) is 12.5 Å². The molecule has 0 spiro atoms. The standard InChI is InChI=1S/C16H15FN2O4S/c17-11-3-1-10(2-4-11)7-14-18-8-13(24-14)15(20)19-5-6-23-9-12(19)16(21)22/h1-4,8,12H,5-7,9H2,(H,21,22). The van der Waals surface area contributed by atoms with E-state index in [1.165, 1.54) is 34.6 Å². The average Bonchev–Trinajstić information content (AvgIpc) is 3.05. The van der Waals surface area contributed by atoms with Gasteiger partial charge >= 0.3 is 5.97 Å². The molecule has 1 atom stereocenters. The van der Waals surface area contributed by atoms with Crippen molar-refractivity contribution in [2.75, 3.05) is 19.8 Å². The Balaban J connectivity index is 1.73. The van der Waals surface area contributed by atoms with Crippen LogP contribution in [-0.4, -0.2) is 52.7 Å². The molecule has 1 N–H and O–H groups in total. The number of hydrogen-bond acceptors (Lipinski definition) is 5. The summed E-state index contributed by atoms with van der Waals surface area (Å²) in [4.78, 5) is 29.7. The summed E-state index contributed by atoms with van der Waals surface area (Å²) in [5.41, 5.74) is 0.888. The third kappa shape index (κ3) is 3.60. The van der Waals surface area contributed by atoms with E-state index in [0.29, 0.717) is 22.9 Å². The maximum Gasteiger partial charge on any atom is 0.328 e. The molecule has 1 aliphatic heterocycles. The lowest BCUT2D eigenvalue weighted by molar-refractivity contribution is -0.147. The van der Waals surface area contributed by atoms with Crippen LogP contribution in [0.5, 0.6) is 0 Å². The first-order chi connectivity index (χ1) is 11.5. The van der Waals surface area contributed by atoms with Gasteiger partial charge in [-0.15, -0.1) is 11.3 Å². The average molecular weight is 350 g/mol. The summed E-state index contributed by atoms with van der Waals surface area (Å²) < 4.78 is 18.1. The first-order valence-corrected chi connectivity index (χ1v) is 8.17. The number of amides is 1. The van der Waals surface area contributed by atoms with Gasteiger partial charge in [0.05, 0.1) is 24.4 Å². The van der Waals surface area contributed by atoms with Crippen LogP contribution in [0.2, 0.25) is 0 Å². The molecule has 0 bridgehead atoms. The highest BCUT2D eigenvalue weighted by Crippen LogP contribution is 2.21. The molecule has 1 aromatic heterocycles. The molecule has 0 saturated carbocycles. The number of aromatic nitrogens is 1. The van der Waals surface area contributed by atoms with Gasteiger partial charge in [0.2, 0.25) is 0 Å². The first-order valence-electron chi connectivity index (χ1n) is 7.35. The van der Waals surface area contributed by atoms with Crippen LogP contribution in [0.15, 0.2) is 30.5 Å². The summed E-state index contributed by atoms with van der Waals surface area (Å²) in [5, 5.41) is 9.92. The van der Waals surface area contributed by atoms with Crippen molar-refractivity contribution in [3.05, 3.63) is 51.7 Å². The van der Waals surface area contributed by atoms with Crippen LogP contribution in [0.4, 0.5) is 4.39 Å². The van der Waals surface area contributed by atoms with Crippen LogP contribution < -0.4 is 0 Å². The molecule has 1 unspecified atom stereocenters. The second kappa shape index (κ2) is 7.06. The fourth-order valence-electron chi connectivity index (χ4n) is 2.46. The molecule has 0 aliphatic carbocycles. The minimum Gasteiger partial charge on any atom is -0.480 e. The Morgan fingerprint density at radius 1 is 1.38 bits per heavy atom. The lowest BCUT2D eigenvalue weighted by atomic mass is 10.2. The summed E-state index contributed by atoms with van der Waals surface area (Å²) in [6.07, 6.45) is 1.95. The smallest absolute Gasteiger partial charge is 0.328 e. The van der Waals surface area contributed by atoms with Crippen LogP contribution in [0.1, 0.15) is 20.2 Å². The van der Waals surface area contributed by atoms with E-state index in [1.807, 2.05) is 0 Å². The number of thiazole rings is 1. The second-order valence-electron chi connectivity index (χ2n) is 5.35. The van der Waals surface area contributed by atoms with E-state index in [2.05, 4.69) is 4.98 Å². The minimum atomic E-state index is -1.08. The number of carboxylic acid groups (broad SMARTS) is 1. The predicted octanol–water partition coefficient (Wildman–Crippen LogP) is 1.80. The topological polar surface area (TPSA) is 79.7 Å². The Kier molecular flexibility index (Phi) is 4.86. The van der Waals surface area contributed by atoms with E-state index in [-0.39, 0.29) is 24.9 Å². The monoisotopic (exact) mass is 350 g/mol. The molecule has 126 valence electrons. The molecule has 2 aromatic rings. The third-order valence-corrected chi connectivity index (χ3v) is 4.69. The van der Waals surface area contributed by atoms with Crippen molar-refractivity contribution in [3.63, 3.8) is 0 Å². The van der Waals surface area contributed by atoms with Gasteiger partial charge in [-0.2, -0.15) is 0 Å². The van der Waals surface area contributed by atoms with Crippen LogP contribution in [0.3, 0.4) is 0 Å². The molecule has 8 heteroatoms. The largest absolute Gasteiger partial charge is 0.480 e. The van der Waals surface area contributed by atoms with Gasteiger partial charge in [-0.1, -0.05) is 12.1 Å². The van der Waals surface area contributed by atoms with E-state index in [0.717, 1.165) is 5.56 Å². The fraction of sp³-hybridized carbons (Fsp3) is 0.312. The van der Waals surface area contributed by atoms with Gasteiger partial charge in [0.25, 0.3) is 5.91 Å². The number of carboxylic acids is 1. The number of nitrogens with zero attached hydrogens (tertiary/aromatic N) is 2. The SMILES string of the molecule is O=C(O)C1COCCN1C(=O)c1cnc(Cc2ccc(F)cc2)s1. The van der Waals surface area contributed by atoms with Gasteiger partial charge in [0.1, 0.15) is 10.7 Å². The molecule has 1 fully saturated rings. The Morgan fingerprint density at radius 3 is 2.83 bits per heavy atom. The molecule has 3 rings (SSSR count). The molecule has 6 nitrogen and oxygen atoms in total. The van der Waals surface area contributed by atoms with Crippen molar-refractivity contribution in [1.29, 1.82) is 0 Å². The summed E-state index contributed by atoms with van der Waals surface area (Å²) in [6.45, 7) is 0.542. The van der Waals surface area contributed by atoms with E-state index < -0.39 is 12.0 Å². The van der Waals surface area contributed by atoms with Crippen molar-refractivity contribution in [1.82, 2.24) is 9.88 Å². The molecule has 2 heterocycles. The van der Waals surface area contributed by atoms with E-state index >= 15 is 0 Å². The zero-order chi connectivity index (χ0) is 17.1. The summed E-state index contributed by atoms with van der Waals surface area (Å²) in [7, 11) is 0. The van der Waals surface area contributed by atoms with Gasteiger partial charge < -0.3 is 14.7 Å². The highest BCUT2D eigenvalue weighted by molar-refractivity contribution is 7.13. The number of aliphatic carboxylic acids is 1. The highest BCUT2D eigenvalue weighted by Gasteiger charge is 2.34. The van der Waals surface area contributed by atoms with Crippen LogP contribution in [0, 0.1) is 5.82 Å². The normalized spacial score (nSPS) is 17.7. The fourth-order valence-corrected chi connectivity index (χ4v) is 3.37. The number of hydrogen-bond donors (Lipinski definition) is 1. The molecule has 1 aromatic carbocycles. The van der Waals surface area contributed by atoms with Gasteiger partial charge in [0, 0.05) is 13.0 Å². The number of halogens is 1. The van der Waals surface area contributed by atoms with Gasteiger partial charge in [-0.05, 0) is 17.7 Å². The van der Waals surface area contributed by atoms with E-state index in [1.54, 1.807) is 12.1 Å². The summed E-state index contributed by atoms with van der Waals surface area (Å²) in [5.74, 6) is -1.74. The molecule has 1 aliphatic rings. The molecule has 0 radical (unpaired) electrons. The van der Waals surface area contributed by atoms with Crippen molar-refractivity contribution in [3.8, 4) is 0 Å². The number of morpholine rings is 1. The molecule has 24 heavy (non-hydrogen) atoms. The molecule has 1 saturated heterocycles. The summed E-state index contributed by atoms with van der Waals surface area (Å²) in [6, 6.07) is 5.11. The maximum atomic E-state index is 12.9. The van der Waals surface area contributed by atoms with Gasteiger partial charge in [0.15, 0.2) is 6.04 Å². The van der Waals surface area contributed by atoms with E-state index in [9.17, 15) is 19.1 Å². The Labute approximate surface area is 141 Å². The van der Waals surface area contributed by atoms with E-state index in [4.69, 9.17) is 4.74 Å². The predicted molar refractivity (Wildman–Crippen MR) is 84.6 cm³/mol. The quantitative estimate of drug-likeness (QED) is 0.909. The number of carbonyl (C=O) groups excluding carboxylic acids is 1. The highest BCUT2D eigenvalue weighted by atomic mass is 32.1. The second-order valence-corrected chi connectivity index (χ2v) is 6.46. The summed E-state index contributed by atoms with van der Waals surface area (Å²) >= 11 is 1.22. The zero-order valence-corrected chi connectivity index (χ0v) is 13.5. The Bertz CT molecular complexity index is 747. The van der Waals surface area contributed by atoms with Crippen molar-refractivity contribution in [2.24, 2.45) is 0 Å².